The molecule has 0 atom stereocenters. The number of amides is 1. The van der Waals surface area contributed by atoms with E-state index in [0.29, 0.717) is 25.6 Å². The van der Waals surface area contributed by atoms with Crippen LogP contribution in [0, 0.1) is 0 Å². The fourth-order valence-corrected chi connectivity index (χ4v) is 2.85. The first-order valence-electron chi connectivity index (χ1n) is 8.00. The van der Waals surface area contributed by atoms with Gasteiger partial charge in [-0.1, -0.05) is 0 Å². The summed E-state index contributed by atoms with van der Waals surface area (Å²) in [6.07, 6.45) is 2.32. The molecule has 9 nitrogen and oxygen atoms in total. The average Bonchev–Trinajstić information content (AvgIpc) is 3.31. The van der Waals surface area contributed by atoms with Gasteiger partial charge in [-0.25, -0.2) is 4.79 Å². The summed E-state index contributed by atoms with van der Waals surface area (Å²) in [4.78, 5) is 23.1. The van der Waals surface area contributed by atoms with Gasteiger partial charge >= 0.3 is 5.97 Å². The molecule has 0 aromatic heterocycles. The Bertz CT molecular complexity index is 784. The molecule has 1 amide bonds. The molecule has 0 radical (unpaired) electrons. The number of benzene rings is 1. The summed E-state index contributed by atoms with van der Waals surface area (Å²) in [6.45, 7) is 1.51. The summed E-state index contributed by atoms with van der Waals surface area (Å²) in [5, 5.41) is 10.7. The van der Waals surface area contributed by atoms with Gasteiger partial charge in [0.1, 0.15) is 12.4 Å². The van der Waals surface area contributed by atoms with E-state index >= 15 is 0 Å². The van der Waals surface area contributed by atoms with Crippen molar-refractivity contribution in [3.8, 4) is 5.75 Å². The SMILES string of the molecule is COC(=O)/C=C1/S/C(=N\N=Cc2ccc(OCC3OCCO3)cc2)NC1=O. The quantitative estimate of drug-likeness (QED) is 0.334. The zero-order valence-corrected chi connectivity index (χ0v) is 15.2. The molecule has 2 fully saturated rings. The number of rotatable bonds is 6. The molecule has 0 unspecified atom stereocenters. The van der Waals surface area contributed by atoms with Crippen LogP contribution in [0.5, 0.6) is 5.75 Å². The topological polar surface area (TPSA) is 108 Å². The number of nitrogens with zero attached hydrogens (tertiary/aromatic N) is 2. The van der Waals surface area contributed by atoms with E-state index in [-0.39, 0.29) is 16.4 Å². The molecule has 2 heterocycles. The fourth-order valence-electron chi connectivity index (χ4n) is 2.11. The van der Waals surface area contributed by atoms with Crippen LogP contribution in [0.1, 0.15) is 5.56 Å². The second kappa shape index (κ2) is 9.31. The van der Waals surface area contributed by atoms with Crippen LogP contribution in [0.4, 0.5) is 0 Å². The van der Waals surface area contributed by atoms with Gasteiger partial charge in [0.05, 0.1) is 31.4 Å². The molecule has 2 saturated heterocycles. The van der Waals surface area contributed by atoms with E-state index in [4.69, 9.17) is 14.2 Å². The van der Waals surface area contributed by atoms with Gasteiger partial charge in [0, 0.05) is 6.08 Å². The zero-order chi connectivity index (χ0) is 19.1. The van der Waals surface area contributed by atoms with Crippen LogP contribution in [0.15, 0.2) is 45.4 Å². The molecular formula is C17H17N3O6S. The minimum Gasteiger partial charge on any atom is -0.488 e. The Labute approximate surface area is 159 Å². The van der Waals surface area contributed by atoms with Gasteiger partial charge in [-0.3, -0.25) is 10.1 Å². The van der Waals surface area contributed by atoms with Crippen LogP contribution in [-0.4, -0.2) is 56.5 Å². The summed E-state index contributed by atoms with van der Waals surface area (Å²) in [5.74, 6) is -0.337. The van der Waals surface area contributed by atoms with Crippen molar-refractivity contribution in [3.05, 3.63) is 40.8 Å². The molecule has 1 N–H and O–H groups in total. The second-order valence-corrected chi connectivity index (χ2v) is 6.32. The minimum atomic E-state index is -0.606. The number of methoxy groups -OCH3 is 1. The lowest BCUT2D eigenvalue weighted by molar-refractivity contribution is -0.135. The monoisotopic (exact) mass is 391 g/mol. The highest BCUT2D eigenvalue weighted by Gasteiger charge is 2.25. The molecule has 1 aromatic carbocycles. The van der Waals surface area contributed by atoms with Crippen molar-refractivity contribution in [1.29, 1.82) is 0 Å². The van der Waals surface area contributed by atoms with Crippen LogP contribution >= 0.6 is 11.8 Å². The van der Waals surface area contributed by atoms with Gasteiger partial charge < -0.3 is 18.9 Å². The predicted molar refractivity (Wildman–Crippen MR) is 98.5 cm³/mol. The Morgan fingerprint density at radius 2 is 2.07 bits per heavy atom. The predicted octanol–water partition coefficient (Wildman–Crippen LogP) is 1.05. The third kappa shape index (κ3) is 5.64. The van der Waals surface area contributed by atoms with Gasteiger partial charge in [0.15, 0.2) is 11.5 Å². The van der Waals surface area contributed by atoms with Gasteiger partial charge in [-0.2, -0.15) is 5.10 Å². The lowest BCUT2D eigenvalue weighted by Gasteiger charge is -2.10. The third-order valence-electron chi connectivity index (χ3n) is 3.41. The maximum absolute atomic E-state index is 11.7. The Balaban J connectivity index is 1.52. The standard InChI is InChI=1S/C17H17N3O6S/c1-23-14(21)8-13-16(22)19-17(27-13)20-18-9-11-2-4-12(5-3-11)26-10-15-24-6-7-25-15/h2-5,8-9,15H,6-7,10H2,1H3,(H,19,20,22)/b13-8+,18-9?. The lowest BCUT2D eigenvalue weighted by Crippen LogP contribution is -2.19. The van der Waals surface area contributed by atoms with Crippen LogP contribution in [0.3, 0.4) is 0 Å². The highest BCUT2D eigenvalue weighted by molar-refractivity contribution is 8.18. The van der Waals surface area contributed by atoms with Crippen molar-refractivity contribution in [3.63, 3.8) is 0 Å². The number of esters is 1. The summed E-state index contributed by atoms with van der Waals surface area (Å²) in [5.41, 5.74) is 0.805. The van der Waals surface area contributed by atoms with E-state index in [2.05, 4.69) is 20.3 Å². The number of carbonyl (C=O) groups is 2. The van der Waals surface area contributed by atoms with Crippen LogP contribution in [0.25, 0.3) is 0 Å². The molecule has 0 spiro atoms. The number of carbonyl (C=O) groups excluding carboxylic acids is 2. The number of thioether (sulfide) groups is 1. The second-order valence-electron chi connectivity index (χ2n) is 5.29. The third-order valence-corrected chi connectivity index (χ3v) is 4.31. The molecule has 1 aromatic rings. The molecule has 0 aliphatic carbocycles. The average molecular weight is 391 g/mol. The maximum atomic E-state index is 11.7. The highest BCUT2D eigenvalue weighted by atomic mass is 32.2. The normalized spacial score (nSPS) is 20.6. The lowest BCUT2D eigenvalue weighted by atomic mass is 10.2. The maximum Gasteiger partial charge on any atom is 0.331 e. The molecule has 10 heteroatoms. The van der Waals surface area contributed by atoms with Crippen molar-refractivity contribution in [2.75, 3.05) is 26.9 Å². The van der Waals surface area contributed by atoms with E-state index in [0.717, 1.165) is 23.4 Å². The first-order chi connectivity index (χ1) is 13.1. The van der Waals surface area contributed by atoms with Crippen LogP contribution < -0.4 is 10.1 Å². The summed E-state index contributed by atoms with van der Waals surface area (Å²) in [7, 11) is 1.24. The Morgan fingerprint density at radius 3 is 2.78 bits per heavy atom. The van der Waals surface area contributed by atoms with E-state index < -0.39 is 11.9 Å². The molecule has 0 saturated carbocycles. The van der Waals surface area contributed by atoms with Crippen LogP contribution in [-0.2, 0) is 23.8 Å². The Morgan fingerprint density at radius 1 is 1.33 bits per heavy atom. The largest absolute Gasteiger partial charge is 0.488 e. The summed E-state index contributed by atoms with van der Waals surface area (Å²) >= 11 is 1.01. The van der Waals surface area contributed by atoms with Gasteiger partial charge in [0.25, 0.3) is 5.91 Å². The summed E-state index contributed by atoms with van der Waals surface area (Å²) in [6, 6.07) is 7.23. The number of hydrogen-bond acceptors (Lipinski definition) is 9. The van der Waals surface area contributed by atoms with Crippen molar-refractivity contribution < 1.29 is 28.5 Å². The number of nitrogens with one attached hydrogen (secondary N) is 1. The van der Waals surface area contributed by atoms with Gasteiger partial charge in [-0.15, -0.1) is 5.10 Å². The molecular weight excluding hydrogens is 374 g/mol. The van der Waals surface area contributed by atoms with E-state index in [1.807, 2.05) is 12.1 Å². The minimum absolute atomic E-state index is 0.201. The molecule has 142 valence electrons. The van der Waals surface area contributed by atoms with Crippen LogP contribution in [0.2, 0.25) is 0 Å². The van der Waals surface area contributed by atoms with E-state index in [1.54, 1.807) is 12.1 Å². The molecule has 27 heavy (non-hydrogen) atoms. The number of hydrogen-bond donors (Lipinski definition) is 1. The zero-order valence-electron chi connectivity index (χ0n) is 14.4. The van der Waals surface area contributed by atoms with E-state index in [1.165, 1.54) is 13.3 Å². The number of ether oxygens (including phenoxy) is 4. The van der Waals surface area contributed by atoms with Crippen molar-refractivity contribution >= 4 is 35.0 Å². The first-order valence-corrected chi connectivity index (χ1v) is 8.81. The van der Waals surface area contributed by atoms with Gasteiger partial charge in [-0.05, 0) is 41.6 Å². The molecule has 2 aliphatic rings. The van der Waals surface area contributed by atoms with Crippen molar-refractivity contribution in [1.82, 2.24) is 5.32 Å². The Hall–Kier alpha value is -2.69. The highest BCUT2D eigenvalue weighted by Crippen LogP contribution is 2.23. The van der Waals surface area contributed by atoms with E-state index in [9.17, 15) is 9.59 Å². The summed E-state index contributed by atoms with van der Waals surface area (Å²) < 4.78 is 20.7. The van der Waals surface area contributed by atoms with Crippen molar-refractivity contribution in [2.45, 2.75) is 6.29 Å². The smallest absolute Gasteiger partial charge is 0.331 e. The van der Waals surface area contributed by atoms with Crippen molar-refractivity contribution in [2.24, 2.45) is 10.2 Å². The molecule has 2 aliphatic heterocycles. The first kappa shape index (κ1) is 19.1. The molecule has 0 bridgehead atoms. The fraction of sp³-hybridized carbons (Fsp3) is 0.294. The van der Waals surface area contributed by atoms with Gasteiger partial charge in [0.2, 0.25) is 0 Å². The molecule has 3 rings (SSSR count). The number of amidine groups is 1. The Kier molecular flexibility index (Phi) is 6.58.